The minimum atomic E-state index is -3.13. The lowest BCUT2D eigenvalue weighted by Crippen LogP contribution is -2.22. The highest BCUT2D eigenvalue weighted by molar-refractivity contribution is 7.87. The number of esters is 1. The number of carbonyl (C=O) groups excluding carboxylic acids is 1. The van der Waals surface area contributed by atoms with Crippen LogP contribution in [0.25, 0.3) is 0 Å². The smallest absolute Gasteiger partial charge is 0.312 e. The van der Waals surface area contributed by atoms with Crippen LogP contribution in [0.5, 0.6) is 0 Å². The van der Waals surface area contributed by atoms with Gasteiger partial charge in [-0.2, -0.15) is 8.42 Å². The van der Waals surface area contributed by atoms with Crippen molar-refractivity contribution in [2.24, 2.45) is 17.8 Å². The molecule has 4 heterocycles. The van der Waals surface area contributed by atoms with Gasteiger partial charge in [0.2, 0.25) is 0 Å². The Morgan fingerprint density at radius 3 is 2.12 bits per heavy atom. The zero-order valence-corrected chi connectivity index (χ0v) is 16.3. The molecule has 0 aromatic carbocycles. The largest absolute Gasteiger partial charge is 0.459 e. The number of hydrogen-bond donors (Lipinski definition) is 0. The lowest BCUT2D eigenvalue weighted by atomic mass is 9.90. The van der Waals surface area contributed by atoms with Crippen LogP contribution in [0.15, 0.2) is 0 Å². The van der Waals surface area contributed by atoms with E-state index in [0.717, 1.165) is 32.1 Å². The molecule has 4 saturated heterocycles. The predicted octanol–water partition coefficient (Wildman–Crippen LogP) is 2.66. The Balaban J connectivity index is 0.000000123. The minimum Gasteiger partial charge on any atom is -0.459 e. The molecule has 8 atom stereocenters. The molecule has 0 amide bonds. The first kappa shape index (κ1) is 19.1. The summed E-state index contributed by atoms with van der Waals surface area (Å²) in [6, 6.07) is 0. The van der Waals surface area contributed by atoms with Crippen LogP contribution in [-0.4, -0.2) is 44.1 Å². The molecule has 8 unspecified atom stereocenters. The van der Waals surface area contributed by atoms with Crippen molar-refractivity contribution in [2.45, 2.75) is 89.5 Å². The van der Waals surface area contributed by atoms with E-state index >= 15 is 0 Å². The maximum atomic E-state index is 11.3. The molecule has 6 nitrogen and oxygen atoms in total. The molecule has 4 aliphatic heterocycles. The van der Waals surface area contributed by atoms with Crippen molar-refractivity contribution >= 4 is 16.1 Å². The Hall–Kier alpha value is -0.660. The van der Waals surface area contributed by atoms with Gasteiger partial charge >= 0.3 is 5.97 Å². The molecule has 0 radical (unpaired) electrons. The van der Waals surface area contributed by atoms with Gasteiger partial charge in [0.15, 0.2) is 0 Å². The lowest BCUT2D eigenvalue weighted by Gasteiger charge is -2.11. The van der Waals surface area contributed by atoms with Crippen LogP contribution < -0.4 is 0 Å². The van der Waals surface area contributed by atoms with Crippen LogP contribution in [0.3, 0.4) is 0 Å². The van der Waals surface area contributed by atoms with Crippen LogP contribution in [0.1, 0.15) is 59.8 Å². The number of fused-ring (bicyclic) bond motifs is 2. The Morgan fingerprint density at radius 2 is 1.64 bits per heavy atom. The second-order valence-corrected chi connectivity index (χ2v) is 8.96. The molecule has 6 fully saturated rings. The van der Waals surface area contributed by atoms with Gasteiger partial charge < -0.3 is 9.47 Å². The highest BCUT2D eigenvalue weighted by Crippen LogP contribution is 2.54. The van der Waals surface area contributed by atoms with Gasteiger partial charge in [-0.25, -0.2) is 0 Å². The summed E-state index contributed by atoms with van der Waals surface area (Å²) in [6.07, 6.45) is 5.40. The molecule has 0 N–H and O–H groups in total. The SMILES string of the molecule is CC.CC.O=C1OC2CC3CC1C2O3.O=S1(=O)OC2CC3CC2C1C3. The normalized spacial score (nSPS) is 47.9. The standard InChI is InChI=1S/C7H10O3S.C7H8O3.2C2H6/c8-11(9)7-3-4-1-5(7)6(2-4)10-11;8-7-4-1-3-2-5(10-7)6(4)9-3;2*1-2/h4-7H,1-3H2;3-6H,1-2H2;2*1-2H3. The van der Waals surface area contributed by atoms with E-state index in [1.807, 2.05) is 27.7 Å². The Bertz CT molecular complexity index is 599. The summed E-state index contributed by atoms with van der Waals surface area (Å²) < 4.78 is 38.1. The van der Waals surface area contributed by atoms with E-state index in [1.165, 1.54) is 0 Å². The molecule has 144 valence electrons. The van der Waals surface area contributed by atoms with E-state index < -0.39 is 10.1 Å². The topological polar surface area (TPSA) is 78.9 Å². The van der Waals surface area contributed by atoms with E-state index in [2.05, 4.69) is 0 Å². The third kappa shape index (κ3) is 3.12. The third-order valence-electron chi connectivity index (χ3n) is 6.02. The quantitative estimate of drug-likeness (QED) is 0.479. The number of rotatable bonds is 0. The fourth-order valence-corrected chi connectivity index (χ4v) is 7.10. The fourth-order valence-electron chi connectivity index (χ4n) is 5.17. The van der Waals surface area contributed by atoms with E-state index in [1.54, 1.807) is 0 Å². The van der Waals surface area contributed by atoms with Gasteiger partial charge in [-0.3, -0.25) is 8.98 Å². The van der Waals surface area contributed by atoms with Crippen molar-refractivity contribution in [2.75, 3.05) is 0 Å². The summed E-state index contributed by atoms with van der Waals surface area (Å²) in [7, 11) is -3.13. The van der Waals surface area contributed by atoms with Gasteiger partial charge in [0.25, 0.3) is 10.1 Å². The highest BCUT2D eigenvalue weighted by Gasteiger charge is 2.59. The summed E-state index contributed by atoms with van der Waals surface area (Å²) in [5.41, 5.74) is 0. The molecule has 2 aliphatic carbocycles. The minimum absolute atomic E-state index is 0.0324. The van der Waals surface area contributed by atoms with Crippen LogP contribution in [-0.2, 0) is 28.6 Å². The Morgan fingerprint density at radius 1 is 0.920 bits per heavy atom. The van der Waals surface area contributed by atoms with Gasteiger partial charge in [0.05, 0.1) is 23.4 Å². The second-order valence-electron chi connectivity index (χ2n) is 7.18. The van der Waals surface area contributed by atoms with Crippen molar-refractivity contribution in [3.05, 3.63) is 0 Å². The molecule has 4 bridgehead atoms. The zero-order valence-electron chi connectivity index (χ0n) is 15.5. The predicted molar refractivity (Wildman–Crippen MR) is 92.4 cm³/mol. The summed E-state index contributed by atoms with van der Waals surface area (Å²) in [5.74, 6) is 1.05. The van der Waals surface area contributed by atoms with Crippen LogP contribution in [0, 0.1) is 17.8 Å². The lowest BCUT2D eigenvalue weighted by molar-refractivity contribution is -0.143. The fraction of sp³-hybridized carbons (Fsp3) is 0.944. The van der Waals surface area contributed by atoms with Gasteiger partial charge in [-0.1, -0.05) is 27.7 Å². The molecule has 2 saturated carbocycles. The summed E-state index contributed by atoms with van der Waals surface area (Å²) in [6.45, 7) is 8.00. The molecule has 25 heavy (non-hydrogen) atoms. The number of hydrogen-bond acceptors (Lipinski definition) is 6. The highest BCUT2D eigenvalue weighted by atomic mass is 32.2. The van der Waals surface area contributed by atoms with Crippen molar-refractivity contribution in [1.29, 1.82) is 0 Å². The molecule has 6 aliphatic rings. The average molecular weight is 374 g/mol. The van der Waals surface area contributed by atoms with Crippen molar-refractivity contribution in [3.8, 4) is 0 Å². The van der Waals surface area contributed by atoms with E-state index in [0.29, 0.717) is 17.9 Å². The monoisotopic (exact) mass is 374 g/mol. The molecule has 0 aromatic rings. The molecule has 7 heteroatoms. The first-order valence-electron chi connectivity index (χ1n) is 9.79. The molecular weight excluding hydrogens is 344 g/mol. The van der Waals surface area contributed by atoms with Gasteiger partial charge in [0, 0.05) is 12.3 Å². The molecule has 0 spiro atoms. The zero-order chi connectivity index (χ0) is 18.4. The Kier molecular flexibility index (Phi) is 5.47. The first-order chi connectivity index (χ1) is 12.0. The third-order valence-corrected chi connectivity index (χ3v) is 7.81. The number of carbonyl (C=O) groups is 1. The molecule has 6 rings (SSSR count). The maximum absolute atomic E-state index is 11.3. The summed E-state index contributed by atoms with van der Waals surface area (Å²) in [4.78, 5) is 11.0. The maximum Gasteiger partial charge on any atom is 0.312 e. The summed E-state index contributed by atoms with van der Waals surface area (Å²) >= 11 is 0. The van der Waals surface area contributed by atoms with Crippen molar-refractivity contribution in [3.63, 3.8) is 0 Å². The van der Waals surface area contributed by atoms with Crippen LogP contribution in [0.4, 0.5) is 0 Å². The van der Waals surface area contributed by atoms with Gasteiger partial charge in [0.1, 0.15) is 12.2 Å². The van der Waals surface area contributed by atoms with Crippen LogP contribution >= 0.6 is 0 Å². The van der Waals surface area contributed by atoms with Crippen molar-refractivity contribution < 1.29 is 26.9 Å². The second kappa shape index (κ2) is 7.16. The van der Waals surface area contributed by atoms with Crippen molar-refractivity contribution in [1.82, 2.24) is 0 Å². The Labute approximate surface area is 150 Å². The average Bonchev–Trinajstić information content (AvgIpc) is 3.39. The van der Waals surface area contributed by atoms with Crippen LogP contribution in [0.2, 0.25) is 0 Å². The van der Waals surface area contributed by atoms with E-state index in [-0.39, 0.29) is 35.4 Å². The van der Waals surface area contributed by atoms with Gasteiger partial charge in [-0.05, 0) is 31.6 Å². The number of ether oxygens (including phenoxy) is 2. The van der Waals surface area contributed by atoms with E-state index in [9.17, 15) is 13.2 Å². The molecular formula is C18H30O6S. The molecule has 0 aromatic heterocycles. The first-order valence-corrected chi connectivity index (χ1v) is 11.3. The van der Waals surface area contributed by atoms with Gasteiger partial charge in [-0.15, -0.1) is 0 Å². The van der Waals surface area contributed by atoms with E-state index in [4.69, 9.17) is 13.7 Å². The summed E-state index contributed by atoms with van der Waals surface area (Å²) in [5, 5.41) is -0.133.